The molecular formula is C36H48N5O8P. The number of esters is 1. The Balaban J connectivity index is 1.05. The van der Waals surface area contributed by atoms with Crippen LogP contribution in [0.5, 0.6) is 5.75 Å². The second kappa shape index (κ2) is 11.2. The van der Waals surface area contributed by atoms with Gasteiger partial charge in [0.1, 0.15) is 53.7 Å². The number of fused-ring (bicyclic) bond motifs is 1. The van der Waals surface area contributed by atoms with E-state index in [4.69, 9.17) is 33.7 Å². The maximum absolute atomic E-state index is 14.8. The summed E-state index contributed by atoms with van der Waals surface area (Å²) in [4.78, 5) is 17.4. The van der Waals surface area contributed by atoms with Crippen molar-refractivity contribution in [2.75, 3.05) is 5.73 Å². The number of carbonyl (C=O) groups is 1. The highest BCUT2D eigenvalue weighted by molar-refractivity contribution is 7.52. The van der Waals surface area contributed by atoms with Crippen molar-refractivity contribution in [2.24, 2.45) is 5.41 Å². The van der Waals surface area contributed by atoms with E-state index in [1.165, 1.54) is 32.0 Å². The third kappa shape index (κ3) is 5.47. The SMILES string of the molecule is C[C@H](NP(=O)(Oc1ccc(C(C)(C)C)cc1)OC1[C@H]2O[C@@](C)(c3ccc4c(N)ncnn34)[C@@H]3OC(C)(C)O[C@]123)C(=O)OC1CC2(CCCC2)C1. The molecule has 3 aromatic rings. The van der Waals surface area contributed by atoms with Gasteiger partial charge in [0.25, 0.3) is 0 Å². The minimum absolute atomic E-state index is 0.0901. The lowest BCUT2D eigenvalue weighted by Crippen LogP contribution is -2.46. The van der Waals surface area contributed by atoms with Crippen molar-refractivity contribution < 1.29 is 37.4 Å². The van der Waals surface area contributed by atoms with Crippen molar-refractivity contribution in [1.29, 1.82) is 0 Å². The van der Waals surface area contributed by atoms with Gasteiger partial charge >= 0.3 is 13.7 Å². The van der Waals surface area contributed by atoms with Crippen LogP contribution >= 0.6 is 7.75 Å². The molecule has 13 nitrogen and oxygen atoms in total. The predicted octanol–water partition coefficient (Wildman–Crippen LogP) is 5.94. The summed E-state index contributed by atoms with van der Waals surface area (Å²) in [6.07, 6.45) is 5.65. The van der Waals surface area contributed by atoms with Gasteiger partial charge in [-0.3, -0.25) is 9.32 Å². The maximum Gasteiger partial charge on any atom is 0.459 e. The van der Waals surface area contributed by atoms with Gasteiger partial charge in [-0.2, -0.15) is 10.2 Å². The molecule has 3 N–H and O–H groups in total. The fraction of sp³-hybridized carbons (Fsp3) is 0.639. The maximum atomic E-state index is 14.8. The Kier molecular flexibility index (Phi) is 7.64. The van der Waals surface area contributed by atoms with Gasteiger partial charge < -0.3 is 29.2 Å². The van der Waals surface area contributed by atoms with Crippen LogP contribution < -0.4 is 15.3 Å². The van der Waals surface area contributed by atoms with Crippen LogP contribution in [0.1, 0.15) is 98.2 Å². The largest absolute Gasteiger partial charge is 0.461 e. The van der Waals surface area contributed by atoms with Crippen molar-refractivity contribution in [2.45, 2.75) is 140 Å². The van der Waals surface area contributed by atoms with Gasteiger partial charge in [0.05, 0.1) is 5.69 Å². The van der Waals surface area contributed by atoms with Crippen LogP contribution in [0.25, 0.3) is 5.52 Å². The molecule has 0 amide bonds. The Morgan fingerprint density at radius 2 is 1.78 bits per heavy atom. The van der Waals surface area contributed by atoms with Crippen LogP contribution in [-0.2, 0) is 43.8 Å². The summed E-state index contributed by atoms with van der Waals surface area (Å²) in [5.41, 5.74) is 6.61. The highest BCUT2D eigenvalue weighted by atomic mass is 31.2. The van der Waals surface area contributed by atoms with Crippen molar-refractivity contribution in [3.8, 4) is 5.75 Å². The Morgan fingerprint density at radius 1 is 1.08 bits per heavy atom. The van der Waals surface area contributed by atoms with Crippen LogP contribution in [0.15, 0.2) is 42.7 Å². The topological polar surface area (TPSA) is 158 Å². The van der Waals surface area contributed by atoms with E-state index in [-0.39, 0.29) is 11.5 Å². The molecule has 2 unspecified atom stereocenters. The molecule has 7 atom stereocenters. The van der Waals surface area contributed by atoms with Crippen LogP contribution in [0.3, 0.4) is 0 Å². The average molecular weight is 710 g/mol. The van der Waals surface area contributed by atoms with Crippen molar-refractivity contribution in [1.82, 2.24) is 19.7 Å². The quantitative estimate of drug-likeness (QED) is 0.199. The zero-order chi connectivity index (χ0) is 35.5. The van der Waals surface area contributed by atoms with Gasteiger partial charge in [-0.15, -0.1) is 0 Å². The normalized spacial score (nSPS) is 32.7. The molecule has 2 aromatic heterocycles. The number of anilines is 1. The summed E-state index contributed by atoms with van der Waals surface area (Å²) in [7, 11) is -4.27. The monoisotopic (exact) mass is 709 g/mol. The van der Waals surface area contributed by atoms with E-state index in [0.717, 1.165) is 18.4 Å². The van der Waals surface area contributed by atoms with Crippen LogP contribution in [0.4, 0.5) is 5.82 Å². The van der Waals surface area contributed by atoms with Crippen molar-refractivity contribution >= 4 is 25.1 Å². The first kappa shape index (κ1) is 34.0. The molecule has 0 radical (unpaired) electrons. The molecule has 2 spiro atoms. The minimum atomic E-state index is -4.27. The fourth-order valence-electron chi connectivity index (χ4n) is 8.76. The van der Waals surface area contributed by atoms with Gasteiger partial charge in [-0.25, -0.2) is 14.1 Å². The zero-order valence-electron chi connectivity index (χ0n) is 29.8. The summed E-state index contributed by atoms with van der Waals surface area (Å²) in [5, 5.41) is 7.31. The summed E-state index contributed by atoms with van der Waals surface area (Å²) in [6.45, 7) is 13.5. The van der Waals surface area contributed by atoms with Crippen LogP contribution in [-0.4, -0.2) is 62.4 Å². The second-order valence-electron chi connectivity index (χ2n) is 16.6. The smallest absolute Gasteiger partial charge is 0.459 e. The lowest BCUT2D eigenvalue weighted by Gasteiger charge is -2.44. The number of rotatable bonds is 9. The number of carbonyl (C=O) groups excluding carboxylic acids is 1. The van der Waals surface area contributed by atoms with E-state index in [1.807, 2.05) is 45.0 Å². The van der Waals surface area contributed by atoms with E-state index in [0.29, 0.717) is 28.2 Å². The van der Waals surface area contributed by atoms with Gasteiger partial charge in [0.2, 0.25) is 0 Å². The Hall–Kier alpha value is -3.06. The summed E-state index contributed by atoms with van der Waals surface area (Å²) < 4.78 is 54.7. The van der Waals surface area contributed by atoms with Crippen LogP contribution in [0, 0.1) is 5.41 Å². The van der Waals surface area contributed by atoms with E-state index in [9.17, 15) is 9.36 Å². The molecule has 270 valence electrons. The number of nitrogen functional groups attached to an aromatic ring is 1. The predicted molar refractivity (Wildman–Crippen MR) is 183 cm³/mol. The third-order valence-corrected chi connectivity index (χ3v) is 13.0. The van der Waals surface area contributed by atoms with E-state index in [2.05, 4.69) is 35.9 Å². The molecule has 4 heterocycles. The first-order valence-corrected chi connectivity index (χ1v) is 19.2. The summed E-state index contributed by atoms with van der Waals surface area (Å²) >= 11 is 0. The molecule has 3 saturated carbocycles. The Labute approximate surface area is 292 Å². The molecule has 8 rings (SSSR count). The molecule has 5 aliphatic rings. The molecule has 1 aromatic carbocycles. The molecule has 2 aliphatic heterocycles. The fourth-order valence-corrected chi connectivity index (χ4v) is 10.5. The summed E-state index contributed by atoms with van der Waals surface area (Å²) in [6, 6.07) is 10.1. The molecular weight excluding hydrogens is 661 g/mol. The minimum Gasteiger partial charge on any atom is -0.461 e. The zero-order valence-corrected chi connectivity index (χ0v) is 30.7. The Morgan fingerprint density at radius 3 is 2.46 bits per heavy atom. The lowest BCUT2D eigenvalue weighted by molar-refractivity contribution is -0.196. The highest BCUT2D eigenvalue weighted by Gasteiger charge is 2.88. The molecule has 14 heteroatoms. The van der Waals surface area contributed by atoms with Crippen molar-refractivity contribution in [3.05, 3.63) is 54.0 Å². The molecule has 5 fully saturated rings. The Bertz CT molecular complexity index is 1860. The van der Waals surface area contributed by atoms with Gasteiger partial charge in [0, 0.05) is 0 Å². The number of aromatic nitrogens is 3. The highest BCUT2D eigenvalue weighted by Crippen LogP contribution is 2.70. The number of benzene rings is 1. The summed E-state index contributed by atoms with van der Waals surface area (Å²) in [5.74, 6) is -0.856. The lowest BCUT2D eigenvalue weighted by atomic mass is 9.65. The number of hydrogen-bond donors (Lipinski definition) is 2. The first-order chi connectivity index (χ1) is 23.5. The van der Waals surface area contributed by atoms with Gasteiger partial charge in [-0.1, -0.05) is 45.7 Å². The van der Waals surface area contributed by atoms with E-state index >= 15 is 0 Å². The van der Waals surface area contributed by atoms with Crippen molar-refractivity contribution in [3.63, 3.8) is 0 Å². The number of nitrogens with zero attached hydrogens (tertiary/aromatic N) is 3. The van der Waals surface area contributed by atoms with E-state index < -0.39 is 55.1 Å². The van der Waals surface area contributed by atoms with Crippen LogP contribution in [0.2, 0.25) is 0 Å². The van der Waals surface area contributed by atoms with Gasteiger partial charge in [-0.05, 0) is 94.0 Å². The number of hydrogen-bond acceptors (Lipinski definition) is 11. The number of nitrogens with one attached hydrogen (secondary N) is 1. The molecule has 2 saturated heterocycles. The third-order valence-electron chi connectivity index (χ3n) is 11.3. The molecule has 3 aliphatic carbocycles. The number of nitrogens with two attached hydrogens (primary N) is 1. The molecule has 0 bridgehead atoms. The van der Waals surface area contributed by atoms with E-state index in [1.54, 1.807) is 23.6 Å². The molecule has 50 heavy (non-hydrogen) atoms. The number of ether oxygens (including phenoxy) is 4. The average Bonchev–Trinajstić information content (AvgIpc) is 3.58. The standard InChI is InChI=1S/C36H48N5O8P/c1-21(30(42)44-24-18-35(19-24)16-8-9-17-35)40-50(43,47-23-12-10-22(11-13-23)32(2,3)4)48-28-27-36(28)31(46-33(5,6)49-36)34(7,45-27)26-15-14-25-29(37)38-20-39-41(25)26/h10-15,20-21,24,27-28,31H,8-9,16-19H2,1-7H3,(H,40,43)(H2,37,38,39)/t21-,27+,28?,31-,34-,36-,50?/m0/s1. The van der Waals surface area contributed by atoms with Gasteiger partial charge in [0.15, 0.2) is 17.2 Å². The second-order valence-corrected chi connectivity index (χ2v) is 18.2. The first-order valence-electron chi connectivity index (χ1n) is 17.7.